The summed E-state index contributed by atoms with van der Waals surface area (Å²) in [4.78, 5) is 21.1. The molecule has 29 heavy (non-hydrogen) atoms. The molecular weight excluding hydrogens is 382 g/mol. The van der Waals surface area contributed by atoms with E-state index in [9.17, 15) is 4.79 Å². The van der Waals surface area contributed by atoms with Crippen LogP contribution in [0.3, 0.4) is 0 Å². The molecule has 0 radical (unpaired) electrons. The van der Waals surface area contributed by atoms with Crippen molar-refractivity contribution < 1.29 is 9.53 Å². The predicted octanol–water partition coefficient (Wildman–Crippen LogP) is 4.38. The zero-order chi connectivity index (χ0) is 20.1. The number of anilines is 1. The maximum Gasteiger partial charge on any atom is 0.256 e. The van der Waals surface area contributed by atoms with Crippen LogP contribution in [0.2, 0.25) is 0 Å². The van der Waals surface area contributed by atoms with Crippen LogP contribution < -0.4 is 5.32 Å². The molecule has 3 heterocycles. The van der Waals surface area contributed by atoms with E-state index in [0.717, 1.165) is 35.8 Å². The van der Waals surface area contributed by atoms with E-state index >= 15 is 0 Å². The van der Waals surface area contributed by atoms with Crippen LogP contribution in [0.25, 0.3) is 0 Å². The number of benzene rings is 1. The van der Waals surface area contributed by atoms with Crippen LogP contribution >= 0.6 is 11.3 Å². The topological polar surface area (TPSA) is 54.5 Å². The van der Waals surface area contributed by atoms with Crippen LogP contribution in [0.5, 0.6) is 0 Å². The van der Waals surface area contributed by atoms with Gasteiger partial charge in [0.05, 0.1) is 24.9 Å². The van der Waals surface area contributed by atoms with Crippen LogP contribution in [-0.2, 0) is 11.2 Å². The van der Waals surface area contributed by atoms with Crippen molar-refractivity contribution in [1.29, 1.82) is 0 Å². The number of rotatable bonds is 6. The minimum Gasteiger partial charge on any atom is -0.379 e. The largest absolute Gasteiger partial charge is 0.379 e. The highest BCUT2D eigenvalue weighted by Gasteiger charge is 2.29. The van der Waals surface area contributed by atoms with Gasteiger partial charge >= 0.3 is 0 Å². The molecule has 1 aromatic carbocycles. The highest BCUT2D eigenvalue weighted by Crippen LogP contribution is 2.39. The van der Waals surface area contributed by atoms with E-state index in [0.29, 0.717) is 18.8 Å². The predicted molar refractivity (Wildman–Crippen MR) is 117 cm³/mol. The lowest BCUT2D eigenvalue weighted by Gasteiger charge is -2.34. The summed E-state index contributed by atoms with van der Waals surface area (Å²) < 4.78 is 5.57. The van der Waals surface area contributed by atoms with Crippen molar-refractivity contribution in [3.05, 3.63) is 82.5 Å². The molecular formula is C23H25N3O2S. The summed E-state index contributed by atoms with van der Waals surface area (Å²) in [5.74, 6) is -0.0851. The van der Waals surface area contributed by atoms with Crippen LogP contribution in [-0.4, -0.2) is 42.1 Å². The van der Waals surface area contributed by atoms with Crippen LogP contribution in [0, 0.1) is 0 Å². The summed E-state index contributed by atoms with van der Waals surface area (Å²) in [6.45, 7) is 5.23. The minimum atomic E-state index is -0.0851. The first-order valence-corrected chi connectivity index (χ1v) is 10.8. The number of ether oxygens (including phenoxy) is 1. The Hall–Kier alpha value is -2.54. The monoisotopic (exact) mass is 407 g/mol. The van der Waals surface area contributed by atoms with E-state index in [1.165, 1.54) is 4.88 Å². The number of nitrogens with one attached hydrogen (secondary N) is 1. The molecule has 4 rings (SSSR count). The molecule has 150 valence electrons. The summed E-state index contributed by atoms with van der Waals surface area (Å²) in [5, 5.41) is 4.07. The molecule has 6 heteroatoms. The summed E-state index contributed by atoms with van der Waals surface area (Å²) in [7, 11) is 0. The summed E-state index contributed by atoms with van der Waals surface area (Å²) in [6.07, 6.45) is 2.76. The van der Waals surface area contributed by atoms with Crippen LogP contribution in [0.15, 0.2) is 60.8 Å². The first-order chi connectivity index (χ1) is 14.3. The van der Waals surface area contributed by atoms with Crippen molar-refractivity contribution in [3.8, 4) is 0 Å². The van der Waals surface area contributed by atoms with Gasteiger partial charge in [-0.3, -0.25) is 14.7 Å². The second-order valence-corrected chi connectivity index (χ2v) is 8.11. The number of morpholine rings is 1. The Morgan fingerprint density at radius 1 is 1.17 bits per heavy atom. The fourth-order valence-electron chi connectivity index (χ4n) is 3.61. The standard InChI is InChI=1S/C23H25N3O2S/c1-2-18-16-19(23(29-18)25-22(27)17-8-4-3-5-9-17)21(20-10-6-7-11-24-20)26-12-14-28-15-13-26/h3-11,16,21H,2,12-15H2,1H3,(H,25,27)/t21-/m0/s1. The second kappa shape index (κ2) is 9.31. The molecule has 0 unspecified atom stereocenters. The van der Waals surface area contributed by atoms with Crippen LogP contribution in [0.1, 0.15) is 39.5 Å². The third kappa shape index (κ3) is 4.56. The maximum atomic E-state index is 12.8. The van der Waals surface area contributed by atoms with Gasteiger partial charge in [0.1, 0.15) is 5.00 Å². The lowest BCUT2D eigenvalue weighted by atomic mass is 10.0. The van der Waals surface area contributed by atoms with Gasteiger partial charge in [-0.25, -0.2) is 0 Å². The molecule has 0 aliphatic carbocycles. The average molecular weight is 408 g/mol. The average Bonchev–Trinajstić information content (AvgIpc) is 3.18. The van der Waals surface area contributed by atoms with Gasteiger partial charge in [0.15, 0.2) is 0 Å². The summed E-state index contributed by atoms with van der Waals surface area (Å²) >= 11 is 1.65. The highest BCUT2D eigenvalue weighted by atomic mass is 32.1. The smallest absolute Gasteiger partial charge is 0.256 e. The first-order valence-electron chi connectivity index (χ1n) is 9.98. The normalized spacial score (nSPS) is 15.8. The van der Waals surface area contributed by atoms with E-state index in [1.54, 1.807) is 11.3 Å². The molecule has 1 aliphatic rings. The SMILES string of the molecule is CCc1cc([C@@H](c2ccccn2)N2CCOCC2)c(NC(=O)c2ccccc2)s1. The van der Waals surface area contributed by atoms with Crippen molar-refractivity contribution in [1.82, 2.24) is 9.88 Å². The Morgan fingerprint density at radius 3 is 2.62 bits per heavy atom. The Labute approximate surface area is 175 Å². The molecule has 1 fully saturated rings. The van der Waals surface area contributed by atoms with Gasteiger partial charge in [0.25, 0.3) is 5.91 Å². The number of carbonyl (C=O) groups is 1. The second-order valence-electron chi connectivity index (χ2n) is 6.98. The fourth-order valence-corrected chi connectivity index (χ4v) is 4.64. The number of amides is 1. The third-order valence-corrected chi connectivity index (χ3v) is 6.31. The van der Waals surface area contributed by atoms with E-state index in [2.05, 4.69) is 34.3 Å². The number of pyridine rings is 1. The third-order valence-electron chi connectivity index (χ3n) is 5.10. The van der Waals surface area contributed by atoms with Gasteiger partial charge in [0.2, 0.25) is 0 Å². The molecule has 1 aliphatic heterocycles. The highest BCUT2D eigenvalue weighted by molar-refractivity contribution is 7.16. The summed E-state index contributed by atoms with van der Waals surface area (Å²) in [6, 6.07) is 17.6. The zero-order valence-corrected chi connectivity index (χ0v) is 17.3. The van der Waals surface area contributed by atoms with Gasteiger partial charge in [-0.15, -0.1) is 11.3 Å². The molecule has 2 aromatic heterocycles. The van der Waals surface area contributed by atoms with E-state index in [4.69, 9.17) is 4.74 Å². The zero-order valence-electron chi connectivity index (χ0n) is 16.5. The maximum absolute atomic E-state index is 12.8. The lowest BCUT2D eigenvalue weighted by Crippen LogP contribution is -2.40. The van der Waals surface area contributed by atoms with Gasteiger partial charge in [-0.1, -0.05) is 31.2 Å². The first kappa shape index (κ1) is 19.8. The molecule has 1 atom stereocenters. The number of aryl methyl sites for hydroxylation is 1. The number of thiophene rings is 1. The van der Waals surface area contributed by atoms with Gasteiger partial charge in [-0.05, 0) is 36.8 Å². The van der Waals surface area contributed by atoms with E-state index in [1.807, 2.05) is 48.7 Å². The lowest BCUT2D eigenvalue weighted by molar-refractivity contribution is 0.0234. The Morgan fingerprint density at radius 2 is 1.93 bits per heavy atom. The van der Waals surface area contributed by atoms with E-state index < -0.39 is 0 Å². The molecule has 1 amide bonds. The molecule has 0 saturated carbocycles. The van der Waals surface area contributed by atoms with Crippen molar-refractivity contribution in [2.45, 2.75) is 19.4 Å². The van der Waals surface area contributed by atoms with Crippen molar-refractivity contribution >= 4 is 22.2 Å². The molecule has 3 aromatic rings. The fraction of sp³-hybridized carbons (Fsp3) is 0.304. The van der Waals surface area contributed by atoms with Gasteiger partial charge in [-0.2, -0.15) is 0 Å². The van der Waals surface area contributed by atoms with Gasteiger partial charge in [0, 0.05) is 35.3 Å². The quantitative estimate of drug-likeness (QED) is 0.659. The Kier molecular flexibility index (Phi) is 6.34. The van der Waals surface area contributed by atoms with Gasteiger partial charge < -0.3 is 10.1 Å². The van der Waals surface area contributed by atoms with E-state index in [-0.39, 0.29) is 11.9 Å². The van der Waals surface area contributed by atoms with Crippen molar-refractivity contribution in [2.75, 3.05) is 31.6 Å². The summed E-state index contributed by atoms with van der Waals surface area (Å²) in [5.41, 5.74) is 2.76. The Bertz CT molecular complexity index is 937. The molecule has 5 nitrogen and oxygen atoms in total. The molecule has 0 bridgehead atoms. The number of hydrogen-bond acceptors (Lipinski definition) is 5. The number of nitrogens with zero attached hydrogens (tertiary/aromatic N) is 2. The van der Waals surface area contributed by atoms with Crippen molar-refractivity contribution in [2.24, 2.45) is 0 Å². The molecule has 1 N–H and O–H groups in total. The van der Waals surface area contributed by atoms with Crippen molar-refractivity contribution in [3.63, 3.8) is 0 Å². The van der Waals surface area contributed by atoms with Crippen LogP contribution in [0.4, 0.5) is 5.00 Å². The minimum absolute atomic E-state index is 0.0114. The Balaban J connectivity index is 1.72. The number of hydrogen-bond donors (Lipinski definition) is 1. The molecule has 1 saturated heterocycles. The number of carbonyl (C=O) groups excluding carboxylic acids is 1. The molecule has 0 spiro atoms. The number of aromatic nitrogens is 1.